The minimum atomic E-state index is -0.704. The number of hydrogen-bond acceptors (Lipinski definition) is 5. The first-order valence-corrected chi connectivity index (χ1v) is 8.41. The molecule has 0 aliphatic carbocycles. The molecular weight excluding hydrogens is 354 g/mol. The van der Waals surface area contributed by atoms with Crippen LogP contribution in [0.25, 0.3) is 6.08 Å². The lowest BCUT2D eigenvalue weighted by atomic mass is 10.1. The van der Waals surface area contributed by atoms with Crippen molar-refractivity contribution in [1.29, 1.82) is 5.26 Å². The van der Waals surface area contributed by atoms with Crippen LogP contribution in [0.5, 0.6) is 11.5 Å². The van der Waals surface area contributed by atoms with Gasteiger partial charge < -0.3 is 14.2 Å². The molecule has 2 rings (SSSR count). The Bertz CT molecular complexity index is 809. The fraction of sp³-hybridized carbons (Fsp3) is 0.200. The zero-order valence-electron chi connectivity index (χ0n) is 14.3. The van der Waals surface area contributed by atoms with E-state index < -0.39 is 5.97 Å². The fourth-order valence-corrected chi connectivity index (χ4v) is 2.25. The van der Waals surface area contributed by atoms with Gasteiger partial charge in [0.1, 0.15) is 36.4 Å². The molecule has 0 N–H and O–H groups in total. The average Bonchev–Trinajstić information content (AvgIpc) is 2.66. The van der Waals surface area contributed by atoms with Gasteiger partial charge in [-0.3, -0.25) is 0 Å². The van der Waals surface area contributed by atoms with Gasteiger partial charge in [-0.05, 0) is 42.8 Å². The number of hydrogen-bond donors (Lipinski definition) is 0. The van der Waals surface area contributed by atoms with Crippen LogP contribution in [0.2, 0.25) is 5.02 Å². The highest BCUT2D eigenvalue weighted by molar-refractivity contribution is 6.32. The lowest BCUT2D eigenvalue weighted by Gasteiger charge is -2.08. The van der Waals surface area contributed by atoms with Crippen molar-refractivity contribution < 1.29 is 19.0 Å². The summed E-state index contributed by atoms with van der Waals surface area (Å²) in [6.45, 7) is 2.61. The summed E-state index contributed by atoms with van der Waals surface area (Å²) in [7, 11) is 0. The summed E-state index contributed by atoms with van der Waals surface area (Å²) in [5, 5.41) is 9.65. The summed E-state index contributed by atoms with van der Waals surface area (Å²) in [5.41, 5.74) is 0.612. The molecule has 5 nitrogen and oxygen atoms in total. The van der Waals surface area contributed by atoms with Crippen molar-refractivity contribution in [2.75, 3.05) is 19.8 Å². The van der Waals surface area contributed by atoms with E-state index in [1.54, 1.807) is 48.5 Å². The Balaban J connectivity index is 1.88. The summed E-state index contributed by atoms with van der Waals surface area (Å²) < 4.78 is 15.8. The summed E-state index contributed by atoms with van der Waals surface area (Å²) in [6, 6.07) is 15.9. The predicted molar refractivity (Wildman–Crippen MR) is 99.1 cm³/mol. The maximum absolute atomic E-state index is 12.0. The molecule has 0 aromatic heterocycles. The molecule has 134 valence electrons. The summed E-state index contributed by atoms with van der Waals surface area (Å²) in [6.07, 6.45) is 1.47. The van der Waals surface area contributed by atoms with Crippen molar-refractivity contribution in [1.82, 2.24) is 0 Å². The molecule has 0 fully saturated rings. The summed E-state index contributed by atoms with van der Waals surface area (Å²) in [5.74, 6) is 0.530. The van der Waals surface area contributed by atoms with Crippen molar-refractivity contribution >= 4 is 23.6 Å². The van der Waals surface area contributed by atoms with Gasteiger partial charge in [0.15, 0.2) is 0 Å². The number of para-hydroxylation sites is 1. The first kappa shape index (κ1) is 19.4. The van der Waals surface area contributed by atoms with Crippen LogP contribution in [0.3, 0.4) is 0 Å². The quantitative estimate of drug-likeness (QED) is 0.300. The number of benzene rings is 2. The molecule has 0 heterocycles. The van der Waals surface area contributed by atoms with Crippen molar-refractivity contribution in [3.05, 3.63) is 64.7 Å². The van der Waals surface area contributed by atoms with Crippen molar-refractivity contribution in [2.45, 2.75) is 6.92 Å². The van der Waals surface area contributed by atoms with Crippen LogP contribution >= 0.6 is 11.6 Å². The van der Waals surface area contributed by atoms with E-state index in [-0.39, 0.29) is 18.8 Å². The molecule has 0 aliphatic heterocycles. The van der Waals surface area contributed by atoms with E-state index in [2.05, 4.69) is 0 Å². The first-order valence-electron chi connectivity index (χ1n) is 8.03. The molecule has 0 atom stereocenters. The minimum absolute atomic E-state index is 0.00630. The normalized spacial score (nSPS) is 10.7. The van der Waals surface area contributed by atoms with Gasteiger partial charge in [-0.2, -0.15) is 5.26 Å². The van der Waals surface area contributed by atoms with Gasteiger partial charge >= 0.3 is 5.97 Å². The molecule has 0 radical (unpaired) electrons. The summed E-state index contributed by atoms with van der Waals surface area (Å²) in [4.78, 5) is 12.0. The maximum Gasteiger partial charge on any atom is 0.349 e. The van der Waals surface area contributed by atoms with Crippen LogP contribution in [0.4, 0.5) is 0 Å². The number of rotatable bonds is 8. The van der Waals surface area contributed by atoms with Gasteiger partial charge in [-0.1, -0.05) is 35.9 Å². The molecule has 2 aromatic rings. The smallest absolute Gasteiger partial charge is 0.349 e. The van der Waals surface area contributed by atoms with Crippen LogP contribution in [0.1, 0.15) is 12.5 Å². The molecule has 0 amide bonds. The van der Waals surface area contributed by atoms with Crippen molar-refractivity contribution in [3.63, 3.8) is 0 Å². The van der Waals surface area contributed by atoms with Crippen LogP contribution in [-0.2, 0) is 9.53 Å². The number of nitriles is 1. The third-order valence-corrected chi connectivity index (χ3v) is 3.57. The summed E-state index contributed by atoms with van der Waals surface area (Å²) >= 11 is 5.97. The van der Waals surface area contributed by atoms with E-state index in [9.17, 15) is 10.1 Å². The second-order valence-corrected chi connectivity index (χ2v) is 5.49. The Labute approximate surface area is 157 Å². The number of esters is 1. The molecule has 2 aromatic carbocycles. The fourth-order valence-electron chi connectivity index (χ4n) is 2.06. The van der Waals surface area contributed by atoms with Crippen LogP contribution in [-0.4, -0.2) is 25.8 Å². The van der Waals surface area contributed by atoms with Gasteiger partial charge in [-0.25, -0.2) is 4.79 Å². The Hall–Kier alpha value is -2.97. The molecule has 0 aliphatic rings. The van der Waals surface area contributed by atoms with Gasteiger partial charge in [0.2, 0.25) is 0 Å². The number of ether oxygens (including phenoxy) is 3. The molecular formula is C20H18ClNO4. The maximum atomic E-state index is 12.0. The van der Waals surface area contributed by atoms with E-state index in [1.165, 1.54) is 6.08 Å². The van der Waals surface area contributed by atoms with Gasteiger partial charge in [0, 0.05) is 0 Å². The highest BCUT2D eigenvalue weighted by atomic mass is 35.5. The zero-order valence-corrected chi connectivity index (χ0v) is 15.0. The zero-order chi connectivity index (χ0) is 18.8. The molecule has 26 heavy (non-hydrogen) atoms. The standard InChI is InChI=1S/C20H18ClNO4/c1-2-24-17-9-7-15(8-10-17)13-16(14-22)20(23)26-12-11-25-19-6-4-3-5-18(19)21/h3-10,13H,2,11-12H2,1H3/b16-13+. The van der Waals surface area contributed by atoms with E-state index in [0.29, 0.717) is 22.9 Å². The SMILES string of the molecule is CCOc1ccc(/C=C(\C#N)C(=O)OCCOc2ccccc2Cl)cc1. The number of nitrogens with zero attached hydrogens (tertiary/aromatic N) is 1. The number of halogens is 1. The molecule has 0 unspecified atom stereocenters. The lowest BCUT2D eigenvalue weighted by Crippen LogP contribution is -2.13. The third-order valence-electron chi connectivity index (χ3n) is 3.25. The second-order valence-electron chi connectivity index (χ2n) is 5.09. The molecule has 0 saturated heterocycles. The van der Waals surface area contributed by atoms with Crippen molar-refractivity contribution in [3.8, 4) is 17.6 Å². The minimum Gasteiger partial charge on any atom is -0.494 e. The monoisotopic (exact) mass is 371 g/mol. The lowest BCUT2D eigenvalue weighted by molar-refractivity contribution is -0.139. The van der Waals surface area contributed by atoms with Crippen LogP contribution < -0.4 is 9.47 Å². The predicted octanol–water partition coefficient (Wildman–Crippen LogP) is 4.27. The van der Waals surface area contributed by atoms with E-state index in [4.69, 9.17) is 25.8 Å². The average molecular weight is 372 g/mol. The van der Waals surface area contributed by atoms with Gasteiger partial charge in [-0.15, -0.1) is 0 Å². The second kappa shape index (κ2) is 10.1. The number of carbonyl (C=O) groups excluding carboxylic acids is 1. The number of carbonyl (C=O) groups is 1. The van der Waals surface area contributed by atoms with Crippen molar-refractivity contribution in [2.24, 2.45) is 0 Å². The Morgan fingerprint density at radius 2 is 1.85 bits per heavy atom. The van der Waals surface area contributed by atoms with Gasteiger partial charge in [0.05, 0.1) is 11.6 Å². The van der Waals surface area contributed by atoms with Crippen LogP contribution in [0, 0.1) is 11.3 Å². The van der Waals surface area contributed by atoms with Gasteiger partial charge in [0.25, 0.3) is 0 Å². The topological polar surface area (TPSA) is 68.5 Å². The van der Waals surface area contributed by atoms with E-state index in [0.717, 1.165) is 5.75 Å². The third kappa shape index (κ3) is 5.83. The Morgan fingerprint density at radius 3 is 2.50 bits per heavy atom. The molecule has 0 spiro atoms. The molecule has 0 bridgehead atoms. The largest absolute Gasteiger partial charge is 0.494 e. The first-order chi connectivity index (χ1) is 12.6. The Morgan fingerprint density at radius 1 is 1.12 bits per heavy atom. The van der Waals surface area contributed by atoms with E-state index >= 15 is 0 Å². The molecule has 6 heteroatoms. The van der Waals surface area contributed by atoms with E-state index in [1.807, 2.05) is 13.0 Å². The molecule has 0 saturated carbocycles. The highest BCUT2D eigenvalue weighted by Gasteiger charge is 2.11. The van der Waals surface area contributed by atoms with Crippen LogP contribution in [0.15, 0.2) is 54.1 Å². The Kier molecular flexibility index (Phi) is 7.53. The highest BCUT2D eigenvalue weighted by Crippen LogP contribution is 2.22.